The number of thiophene rings is 1. The third kappa shape index (κ3) is 4.44. The highest BCUT2D eigenvalue weighted by atomic mass is 35.5. The average Bonchev–Trinajstić information content (AvgIpc) is 3.17. The van der Waals surface area contributed by atoms with E-state index in [1.165, 1.54) is 17.4 Å². The van der Waals surface area contributed by atoms with E-state index < -0.39 is 17.8 Å². The van der Waals surface area contributed by atoms with Crippen LogP contribution in [0.5, 0.6) is 0 Å². The van der Waals surface area contributed by atoms with Crippen molar-refractivity contribution < 1.29 is 14.4 Å². The van der Waals surface area contributed by atoms with Crippen LogP contribution in [0, 0.1) is 13.8 Å². The van der Waals surface area contributed by atoms with Crippen LogP contribution in [0.15, 0.2) is 69.3 Å². The van der Waals surface area contributed by atoms with Crippen LogP contribution in [0.4, 0.5) is 10.5 Å². The first-order valence-electron chi connectivity index (χ1n) is 9.34. The van der Waals surface area contributed by atoms with E-state index >= 15 is 0 Å². The molecule has 4 rings (SSSR count). The molecule has 2 heterocycles. The Morgan fingerprint density at radius 1 is 1.00 bits per heavy atom. The number of carbonyl (C=O) groups is 3. The first-order valence-corrected chi connectivity index (χ1v) is 11.4. The van der Waals surface area contributed by atoms with Gasteiger partial charge in [-0.25, -0.2) is 9.69 Å². The minimum absolute atomic E-state index is 0.0783. The topological polar surface area (TPSA) is 66.5 Å². The molecule has 5 nitrogen and oxygen atoms in total. The van der Waals surface area contributed by atoms with Gasteiger partial charge in [0.05, 0.1) is 9.90 Å². The molecule has 1 N–H and O–H groups in total. The predicted octanol–water partition coefficient (Wildman–Crippen LogP) is 5.84. The number of aryl methyl sites for hydroxylation is 1. The maximum atomic E-state index is 13.1. The van der Waals surface area contributed by atoms with E-state index in [1.54, 1.807) is 23.9 Å². The van der Waals surface area contributed by atoms with Crippen LogP contribution in [0.2, 0.25) is 5.02 Å². The van der Waals surface area contributed by atoms with Gasteiger partial charge in [0, 0.05) is 14.8 Å². The van der Waals surface area contributed by atoms with Gasteiger partial charge in [0.1, 0.15) is 5.57 Å². The molecule has 1 aliphatic rings. The number of hydrogen-bond donors (Lipinski definition) is 1. The van der Waals surface area contributed by atoms with Gasteiger partial charge in [0.2, 0.25) is 0 Å². The lowest BCUT2D eigenvalue weighted by Crippen LogP contribution is -2.54. The number of imide groups is 2. The highest BCUT2D eigenvalue weighted by Crippen LogP contribution is 2.35. The Hall–Kier alpha value is -2.87. The van der Waals surface area contributed by atoms with Gasteiger partial charge in [-0.2, -0.15) is 0 Å². The van der Waals surface area contributed by atoms with E-state index in [4.69, 9.17) is 11.6 Å². The third-order valence-electron chi connectivity index (χ3n) is 4.84. The van der Waals surface area contributed by atoms with Crippen molar-refractivity contribution in [2.75, 3.05) is 4.90 Å². The first-order chi connectivity index (χ1) is 14.8. The van der Waals surface area contributed by atoms with Crippen LogP contribution >= 0.6 is 34.7 Å². The zero-order valence-electron chi connectivity index (χ0n) is 16.6. The molecule has 0 unspecified atom stereocenters. The number of urea groups is 1. The number of nitrogens with one attached hydrogen (secondary N) is 1. The van der Waals surface area contributed by atoms with E-state index in [-0.39, 0.29) is 5.57 Å². The Kier molecular flexibility index (Phi) is 6.00. The third-order valence-corrected chi connectivity index (χ3v) is 7.26. The van der Waals surface area contributed by atoms with Gasteiger partial charge in [-0.3, -0.25) is 14.9 Å². The van der Waals surface area contributed by atoms with E-state index in [2.05, 4.69) is 5.32 Å². The summed E-state index contributed by atoms with van der Waals surface area (Å²) in [4.78, 5) is 40.8. The molecule has 0 saturated carbocycles. The number of benzene rings is 2. The summed E-state index contributed by atoms with van der Waals surface area (Å²) >= 11 is 8.94. The smallest absolute Gasteiger partial charge is 0.273 e. The molecule has 31 heavy (non-hydrogen) atoms. The highest BCUT2D eigenvalue weighted by molar-refractivity contribution is 8.01. The molecule has 1 saturated heterocycles. The summed E-state index contributed by atoms with van der Waals surface area (Å²) in [5.74, 6) is -1.33. The van der Waals surface area contributed by atoms with E-state index in [0.717, 1.165) is 30.0 Å². The summed E-state index contributed by atoms with van der Waals surface area (Å²) < 4.78 is 1.00. The molecule has 0 aliphatic carbocycles. The maximum Gasteiger partial charge on any atom is 0.335 e. The van der Waals surface area contributed by atoms with Crippen LogP contribution < -0.4 is 10.2 Å². The van der Waals surface area contributed by atoms with Crippen LogP contribution in [0.1, 0.15) is 16.0 Å². The van der Waals surface area contributed by atoms with Crippen LogP contribution in [0.25, 0.3) is 6.08 Å². The van der Waals surface area contributed by atoms with Crippen molar-refractivity contribution in [3.8, 4) is 0 Å². The van der Waals surface area contributed by atoms with Gasteiger partial charge in [-0.1, -0.05) is 35.5 Å². The fourth-order valence-electron chi connectivity index (χ4n) is 3.08. The van der Waals surface area contributed by atoms with Gasteiger partial charge < -0.3 is 0 Å². The molecule has 0 atom stereocenters. The summed E-state index contributed by atoms with van der Waals surface area (Å²) in [6, 6.07) is 15.9. The Morgan fingerprint density at radius 3 is 2.48 bits per heavy atom. The summed E-state index contributed by atoms with van der Waals surface area (Å²) in [7, 11) is 0. The Balaban J connectivity index is 1.62. The monoisotopic (exact) mass is 468 g/mol. The number of rotatable bonds is 4. The van der Waals surface area contributed by atoms with Crippen molar-refractivity contribution in [2.24, 2.45) is 0 Å². The standard InChI is InChI=1S/C23H17ClN2O3S2/c1-13-4-3-5-19(14(13)2)26-22(28)18(21(27)25-23(26)29)12-17-10-11-20(31-17)30-16-8-6-15(24)7-9-16/h3-12H,1-2H3,(H,25,27,29)/b18-12+. The number of carbonyl (C=O) groups excluding carboxylic acids is 3. The Labute approximate surface area is 192 Å². The summed E-state index contributed by atoms with van der Waals surface area (Å²) in [6.07, 6.45) is 1.53. The summed E-state index contributed by atoms with van der Waals surface area (Å²) in [6.45, 7) is 3.74. The van der Waals surface area contributed by atoms with Gasteiger partial charge in [0.25, 0.3) is 11.8 Å². The van der Waals surface area contributed by atoms with Crippen LogP contribution in [0.3, 0.4) is 0 Å². The normalized spacial score (nSPS) is 15.5. The summed E-state index contributed by atoms with van der Waals surface area (Å²) in [5.41, 5.74) is 2.14. The van der Waals surface area contributed by atoms with Gasteiger partial charge in [0.15, 0.2) is 0 Å². The molecule has 0 bridgehead atoms. The number of barbiturate groups is 1. The fourth-order valence-corrected chi connectivity index (χ4v) is 5.27. The van der Waals surface area contributed by atoms with E-state index in [9.17, 15) is 14.4 Å². The lowest BCUT2D eigenvalue weighted by molar-refractivity contribution is -0.122. The second kappa shape index (κ2) is 8.70. The molecule has 8 heteroatoms. The molecule has 0 spiro atoms. The molecule has 1 aliphatic heterocycles. The number of nitrogens with zero attached hydrogens (tertiary/aromatic N) is 1. The van der Waals surface area contributed by atoms with Crippen LogP contribution in [-0.2, 0) is 9.59 Å². The highest BCUT2D eigenvalue weighted by Gasteiger charge is 2.37. The van der Waals surface area contributed by atoms with Gasteiger partial charge in [-0.05, 0) is 73.5 Å². The first kappa shape index (κ1) is 21.4. The number of anilines is 1. The average molecular weight is 469 g/mol. The van der Waals surface area contributed by atoms with Crippen molar-refractivity contribution in [1.82, 2.24) is 5.32 Å². The number of hydrogen-bond acceptors (Lipinski definition) is 5. The van der Waals surface area contributed by atoms with Crippen molar-refractivity contribution in [1.29, 1.82) is 0 Å². The SMILES string of the molecule is Cc1cccc(N2C(=O)NC(=O)/C(=C\c3ccc(Sc4ccc(Cl)cc4)s3)C2=O)c1C. The minimum Gasteiger partial charge on any atom is -0.273 e. The molecule has 2 aromatic carbocycles. The molecular formula is C23H17ClN2O3S2. The number of amides is 4. The van der Waals surface area contributed by atoms with Crippen molar-refractivity contribution in [3.05, 3.63) is 81.2 Å². The molecule has 3 aromatic rings. The maximum absolute atomic E-state index is 13.1. The van der Waals surface area contributed by atoms with Gasteiger partial charge >= 0.3 is 6.03 Å². The minimum atomic E-state index is -0.744. The molecular weight excluding hydrogens is 452 g/mol. The lowest BCUT2D eigenvalue weighted by atomic mass is 10.0. The quantitative estimate of drug-likeness (QED) is 0.386. The zero-order valence-corrected chi connectivity index (χ0v) is 19.0. The van der Waals surface area contributed by atoms with Crippen molar-refractivity contribution >= 4 is 64.3 Å². The molecule has 156 valence electrons. The van der Waals surface area contributed by atoms with Crippen LogP contribution in [-0.4, -0.2) is 17.8 Å². The second-order valence-electron chi connectivity index (χ2n) is 6.89. The lowest BCUT2D eigenvalue weighted by Gasteiger charge is -2.28. The number of halogens is 1. The van der Waals surface area contributed by atoms with Crippen molar-refractivity contribution in [2.45, 2.75) is 23.0 Å². The predicted molar refractivity (Wildman–Crippen MR) is 125 cm³/mol. The molecule has 1 aromatic heterocycles. The second-order valence-corrected chi connectivity index (χ2v) is 9.82. The Bertz CT molecular complexity index is 1230. The Morgan fingerprint density at radius 2 is 1.74 bits per heavy atom. The summed E-state index contributed by atoms with van der Waals surface area (Å²) in [5, 5.41) is 2.95. The van der Waals surface area contributed by atoms with E-state index in [0.29, 0.717) is 10.7 Å². The zero-order chi connectivity index (χ0) is 22.1. The fraction of sp³-hybridized carbons (Fsp3) is 0.0870. The molecule has 1 fully saturated rings. The molecule has 4 amide bonds. The van der Waals surface area contributed by atoms with Gasteiger partial charge in [-0.15, -0.1) is 11.3 Å². The largest absolute Gasteiger partial charge is 0.335 e. The van der Waals surface area contributed by atoms with Crippen molar-refractivity contribution in [3.63, 3.8) is 0 Å². The molecule has 0 radical (unpaired) electrons. The van der Waals surface area contributed by atoms with E-state index in [1.807, 2.05) is 56.3 Å².